The monoisotopic (exact) mass is 262 g/mol. The van der Waals surface area contributed by atoms with Crippen LogP contribution in [0.5, 0.6) is 0 Å². The SMILES string of the molecule is CNCCC(NC)c1ccc(Br)s1. The zero-order chi connectivity index (χ0) is 9.68. The summed E-state index contributed by atoms with van der Waals surface area (Å²) in [4.78, 5) is 1.39. The summed E-state index contributed by atoms with van der Waals surface area (Å²) >= 11 is 5.27. The molecule has 1 rings (SSSR count). The maximum atomic E-state index is 3.47. The minimum absolute atomic E-state index is 0.476. The first-order chi connectivity index (χ1) is 6.27. The molecule has 0 saturated carbocycles. The van der Waals surface area contributed by atoms with Crippen LogP contribution in [0.3, 0.4) is 0 Å². The zero-order valence-corrected chi connectivity index (χ0v) is 10.3. The number of rotatable bonds is 5. The minimum Gasteiger partial charge on any atom is -0.320 e. The number of thiophene rings is 1. The summed E-state index contributed by atoms with van der Waals surface area (Å²) in [5, 5.41) is 6.48. The third-order valence-electron chi connectivity index (χ3n) is 1.97. The van der Waals surface area contributed by atoms with Gasteiger partial charge in [0.15, 0.2) is 0 Å². The van der Waals surface area contributed by atoms with Gasteiger partial charge in [0.25, 0.3) is 0 Å². The molecular weight excluding hydrogens is 248 g/mol. The summed E-state index contributed by atoms with van der Waals surface area (Å²) in [6.07, 6.45) is 1.12. The third-order valence-corrected chi connectivity index (χ3v) is 3.71. The highest BCUT2D eigenvalue weighted by Crippen LogP contribution is 2.28. The van der Waals surface area contributed by atoms with E-state index in [1.807, 2.05) is 14.1 Å². The molecular formula is C9H15BrN2S. The van der Waals surface area contributed by atoms with Crippen molar-refractivity contribution in [2.24, 2.45) is 0 Å². The summed E-state index contributed by atoms with van der Waals surface area (Å²) in [5.74, 6) is 0. The number of nitrogens with one attached hydrogen (secondary N) is 2. The predicted molar refractivity (Wildman–Crippen MR) is 62.4 cm³/mol. The highest BCUT2D eigenvalue weighted by atomic mass is 79.9. The number of halogens is 1. The van der Waals surface area contributed by atoms with E-state index in [1.54, 1.807) is 11.3 Å². The second kappa shape index (κ2) is 5.75. The van der Waals surface area contributed by atoms with E-state index in [9.17, 15) is 0 Å². The highest BCUT2D eigenvalue weighted by Gasteiger charge is 2.10. The Hall–Kier alpha value is 0.1000. The predicted octanol–water partition coefficient (Wildman–Crippen LogP) is 2.38. The first kappa shape index (κ1) is 11.2. The fraction of sp³-hybridized carbons (Fsp3) is 0.556. The van der Waals surface area contributed by atoms with Crippen molar-refractivity contribution in [2.75, 3.05) is 20.6 Å². The molecule has 0 aliphatic rings. The molecule has 0 fully saturated rings. The van der Waals surface area contributed by atoms with Crippen LogP contribution in [0.2, 0.25) is 0 Å². The lowest BCUT2D eigenvalue weighted by Crippen LogP contribution is -2.20. The molecule has 0 spiro atoms. The average Bonchev–Trinajstić information content (AvgIpc) is 2.54. The molecule has 0 aliphatic heterocycles. The summed E-state index contributed by atoms with van der Waals surface area (Å²) in [7, 11) is 3.99. The molecule has 1 aromatic heterocycles. The lowest BCUT2D eigenvalue weighted by Gasteiger charge is -2.13. The molecule has 2 nitrogen and oxygen atoms in total. The van der Waals surface area contributed by atoms with Gasteiger partial charge in [0, 0.05) is 10.9 Å². The van der Waals surface area contributed by atoms with Crippen LogP contribution in [0, 0.1) is 0 Å². The van der Waals surface area contributed by atoms with E-state index in [4.69, 9.17) is 0 Å². The van der Waals surface area contributed by atoms with Crippen molar-refractivity contribution in [1.29, 1.82) is 0 Å². The van der Waals surface area contributed by atoms with E-state index in [1.165, 1.54) is 8.66 Å². The third kappa shape index (κ3) is 3.38. The largest absolute Gasteiger partial charge is 0.320 e. The minimum atomic E-state index is 0.476. The quantitative estimate of drug-likeness (QED) is 0.852. The van der Waals surface area contributed by atoms with Crippen LogP contribution >= 0.6 is 27.3 Å². The molecule has 2 N–H and O–H groups in total. The Morgan fingerprint density at radius 3 is 2.69 bits per heavy atom. The van der Waals surface area contributed by atoms with Crippen molar-refractivity contribution in [1.82, 2.24) is 10.6 Å². The first-order valence-corrected chi connectivity index (χ1v) is 5.96. The molecule has 1 heterocycles. The molecule has 1 atom stereocenters. The topological polar surface area (TPSA) is 24.1 Å². The van der Waals surface area contributed by atoms with Crippen LogP contribution in [-0.2, 0) is 0 Å². The van der Waals surface area contributed by atoms with Crippen LogP contribution in [0.15, 0.2) is 15.9 Å². The van der Waals surface area contributed by atoms with Crippen LogP contribution < -0.4 is 10.6 Å². The van der Waals surface area contributed by atoms with E-state index >= 15 is 0 Å². The van der Waals surface area contributed by atoms with E-state index in [2.05, 4.69) is 38.7 Å². The van der Waals surface area contributed by atoms with Gasteiger partial charge in [0.1, 0.15) is 0 Å². The smallest absolute Gasteiger partial charge is 0.0701 e. The first-order valence-electron chi connectivity index (χ1n) is 4.35. The normalized spacial score (nSPS) is 13.2. The summed E-state index contributed by atoms with van der Waals surface area (Å²) in [5.41, 5.74) is 0. The number of hydrogen-bond acceptors (Lipinski definition) is 3. The summed E-state index contributed by atoms with van der Waals surface area (Å²) in [6, 6.07) is 4.75. The lowest BCUT2D eigenvalue weighted by molar-refractivity contribution is 0.541. The Balaban J connectivity index is 2.56. The van der Waals surface area contributed by atoms with Crippen LogP contribution in [0.1, 0.15) is 17.3 Å². The Morgan fingerprint density at radius 2 is 2.23 bits per heavy atom. The van der Waals surface area contributed by atoms with Crippen molar-refractivity contribution >= 4 is 27.3 Å². The summed E-state index contributed by atoms with van der Waals surface area (Å²) < 4.78 is 1.20. The van der Waals surface area contributed by atoms with Crippen molar-refractivity contribution in [3.63, 3.8) is 0 Å². The Labute approximate surface area is 91.9 Å². The van der Waals surface area contributed by atoms with Gasteiger partial charge in [-0.25, -0.2) is 0 Å². The van der Waals surface area contributed by atoms with Crippen molar-refractivity contribution in [3.05, 3.63) is 20.8 Å². The lowest BCUT2D eigenvalue weighted by atomic mass is 10.2. The van der Waals surface area contributed by atoms with E-state index in [0.29, 0.717) is 6.04 Å². The van der Waals surface area contributed by atoms with Crippen LogP contribution in [0.4, 0.5) is 0 Å². The second-order valence-corrected chi connectivity index (χ2v) is 5.37. The Morgan fingerprint density at radius 1 is 1.46 bits per heavy atom. The maximum absolute atomic E-state index is 3.47. The molecule has 0 bridgehead atoms. The molecule has 74 valence electrons. The molecule has 0 aliphatic carbocycles. The fourth-order valence-electron chi connectivity index (χ4n) is 1.23. The van der Waals surface area contributed by atoms with E-state index < -0.39 is 0 Å². The van der Waals surface area contributed by atoms with Gasteiger partial charge in [-0.3, -0.25) is 0 Å². The van der Waals surface area contributed by atoms with Crippen LogP contribution in [-0.4, -0.2) is 20.6 Å². The Kier molecular flexibility index (Phi) is 4.94. The second-order valence-electron chi connectivity index (χ2n) is 2.88. The van der Waals surface area contributed by atoms with Crippen LogP contribution in [0.25, 0.3) is 0 Å². The molecule has 0 aromatic carbocycles. The molecule has 1 aromatic rings. The Bertz CT molecular complexity index is 250. The van der Waals surface area contributed by atoms with Gasteiger partial charge in [-0.05, 0) is 55.1 Å². The van der Waals surface area contributed by atoms with Gasteiger partial charge in [0.05, 0.1) is 3.79 Å². The summed E-state index contributed by atoms with van der Waals surface area (Å²) in [6.45, 7) is 1.04. The molecule has 4 heteroatoms. The van der Waals surface area contributed by atoms with Gasteiger partial charge in [-0.15, -0.1) is 11.3 Å². The van der Waals surface area contributed by atoms with E-state index in [-0.39, 0.29) is 0 Å². The van der Waals surface area contributed by atoms with Gasteiger partial charge in [-0.2, -0.15) is 0 Å². The standard InChI is InChI=1S/C9H15BrN2S/c1-11-6-5-7(12-2)8-3-4-9(10)13-8/h3-4,7,11-12H,5-6H2,1-2H3. The highest BCUT2D eigenvalue weighted by molar-refractivity contribution is 9.11. The van der Waals surface area contributed by atoms with Crippen molar-refractivity contribution < 1.29 is 0 Å². The van der Waals surface area contributed by atoms with Gasteiger partial charge < -0.3 is 10.6 Å². The molecule has 1 unspecified atom stereocenters. The van der Waals surface area contributed by atoms with Gasteiger partial charge >= 0.3 is 0 Å². The maximum Gasteiger partial charge on any atom is 0.0701 e. The van der Waals surface area contributed by atoms with Gasteiger partial charge in [-0.1, -0.05) is 0 Å². The zero-order valence-electron chi connectivity index (χ0n) is 7.93. The molecule has 0 saturated heterocycles. The van der Waals surface area contributed by atoms with Crippen molar-refractivity contribution in [2.45, 2.75) is 12.5 Å². The fourth-order valence-corrected chi connectivity index (χ4v) is 2.80. The molecule has 0 amide bonds. The average molecular weight is 263 g/mol. The molecule has 13 heavy (non-hydrogen) atoms. The van der Waals surface area contributed by atoms with Gasteiger partial charge in [0.2, 0.25) is 0 Å². The van der Waals surface area contributed by atoms with E-state index in [0.717, 1.165) is 13.0 Å². The van der Waals surface area contributed by atoms with Crippen molar-refractivity contribution in [3.8, 4) is 0 Å². The number of hydrogen-bond donors (Lipinski definition) is 2. The molecule has 0 radical (unpaired) electrons.